The van der Waals surface area contributed by atoms with E-state index in [2.05, 4.69) is 116 Å². The number of hydrogen-bond acceptors (Lipinski definition) is 8. The highest BCUT2D eigenvalue weighted by Crippen LogP contribution is 2.23. The van der Waals surface area contributed by atoms with Gasteiger partial charge < -0.3 is 40.3 Å². The number of allylic oxidation sites excluding steroid dienone is 17. The Morgan fingerprint density at radius 1 is 0.467 bits per heavy atom. The molecule has 0 spiro atoms. The second-order valence-corrected chi connectivity index (χ2v) is 20.8. The number of carbonyl (C=O) groups is 1. The lowest BCUT2D eigenvalue weighted by atomic mass is 9.99. The molecule has 1 amide bonds. The van der Waals surface area contributed by atoms with Gasteiger partial charge >= 0.3 is 0 Å². The van der Waals surface area contributed by atoms with Crippen molar-refractivity contribution in [1.82, 2.24) is 5.32 Å². The Kier molecular flexibility index (Phi) is 50.5. The standard InChI is InChI=1S/C66H113NO8/c1-3-5-7-9-11-13-15-17-19-21-23-25-27-29-30-32-33-35-37-39-41-43-45-47-49-51-53-55-60(69)59(58-74-66-65(73)64(72)63(71)61(57-68)75-66)67-62(70)56-54-52-50-48-46-44-42-40-38-36-34-31-28-26-24-22-20-18-16-14-12-10-8-6-4-2/h6,8,12,14,18,20,24,26,31,34,38,40,44-47,53,55,59-61,63-66,68-69,71-73H,3-5,7,9-11,13,15-17,19,21-23,25,27-30,32-33,35-37,39,41-43,48-52,54,56-58H2,1-2H3,(H,67,70)/b8-6-,14-12-,20-18-,26-24-,34-31-,40-38-,46-44-,47-45+,55-53+. The Labute approximate surface area is 459 Å². The fourth-order valence-corrected chi connectivity index (χ4v) is 9.04. The minimum Gasteiger partial charge on any atom is -0.394 e. The molecule has 9 nitrogen and oxygen atoms in total. The van der Waals surface area contributed by atoms with Gasteiger partial charge in [0.15, 0.2) is 6.29 Å². The second-order valence-electron chi connectivity index (χ2n) is 20.8. The van der Waals surface area contributed by atoms with E-state index in [1.165, 1.54) is 135 Å². The monoisotopic (exact) mass is 1050 g/mol. The van der Waals surface area contributed by atoms with Crippen molar-refractivity contribution in [3.05, 3.63) is 109 Å². The van der Waals surface area contributed by atoms with E-state index in [1.54, 1.807) is 6.08 Å². The van der Waals surface area contributed by atoms with Crippen LogP contribution in [0.4, 0.5) is 0 Å². The van der Waals surface area contributed by atoms with Crippen LogP contribution in [0.5, 0.6) is 0 Å². The average Bonchev–Trinajstić information content (AvgIpc) is 3.41. The van der Waals surface area contributed by atoms with Gasteiger partial charge in [0.05, 0.1) is 25.4 Å². The maximum absolute atomic E-state index is 13.1. The summed E-state index contributed by atoms with van der Waals surface area (Å²) in [5, 5.41) is 54.5. The molecule has 0 radical (unpaired) electrons. The number of aliphatic hydroxyl groups excluding tert-OH is 5. The Balaban J connectivity index is 2.27. The first-order chi connectivity index (χ1) is 36.8. The van der Waals surface area contributed by atoms with Crippen LogP contribution in [-0.4, -0.2) is 87.5 Å². The van der Waals surface area contributed by atoms with E-state index in [1.807, 2.05) is 6.08 Å². The number of rotatable bonds is 51. The van der Waals surface area contributed by atoms with Gasteiger partial charge in [-0.2, -0.15) is 0 Å². The van der Waals surface area contributed by atoms with Crippen LogP contribution in [0.1, 0.15) is 245 Å². The van der Waals surface area contributed by atoms with Crippen LogP contribution in [0, 0.1) is 0 Å². The van der Waals surface area contributed by atoms with Crippen molar-refractivity contribution in [2.75, 3.05) is 13.2 Å². The maximum Gasteiger partial charge on any atom is 0.220 e. The molecule has 1 rings (SSSR count). The van der Waals surface area contributed by atoms with E-state index in [-0.39, 0.29) is 12.5 Å². The van der Waals surface area contributed by atoms with Crippen molar-refractivity contribution < 1.29 is 39.8 Å². The third-order valence-electron chi connectivity index (χ3n) is 13.8. The molecule has 1 aliphatic heterocycles. The maximum atomic E-state index is 13.1. The molecule has 7 atom stereocenters. The molecule has 75 heavy (non-hydrogen) atoms. The average molecular weight is 1050 g/mol. The van der Waals surface area contributed by atoms with Crippen molar-refractivity contribution in [1.29, 1.82) is 0 Å². The molecule has 6 N–H and O–H groups in total. The SMILES string of the molecule is CC/C=C\C/C=C\C/C=C\C/C=C\C/C=C\C/C=C\C/C=C\CCCCCC(=O)NC(COC1OC(CO)C(O)C(O)C1O)C(O)/C=C/CC/C=C/CCCCCCCCCCCCCCCCCCCCCCC. The predicted octanol–water partition coefficient (Wildman–Crippen LogP) is 15.7. The Morgan fingerprint density at radius 2 is 0.840 bits per heavy atom. The highest BCUT2D eigenvalue weighted by atomic mass is 16.7. The van der Waals surface area contributed by atoms with E-state index in [4.69, 9.17) is 9.47 Å². The van der Waals surface area contributed by atoms with Gasteiger partial charge in [-0.05, 0) is 89.9 Å². The van der Waals surface area contributed by atoms with Crippen molar-refractivity contribution in [2.45, 2.75) is 288 Å². The van der Waals surface area contributed by atoms with E-state index in [9.17, 15) is 30.3 Å². The van der Waals surface area contributed by atoms with E-state index < -0.39 is 49.5 Å². The van der Waals surface area contributed by atoms with Crippen molar-refractivity contribution >= 4 is 5.91 Å². The molecule has 0 aromatic heterocycles. The predicted molar refractivity (Wildman–Crippen MR) is 317 cm³/mol. The summed E-state index contributed by atoms with van der Waals surface area (Å²) >= 11 is 0. The number of carbonyl (C=O) groups excluding carboxylic acids is 1. The molecule has 1 aliphatic rings. The number of unbranched alkanes of at least 4 members (excludes halogenated alkanes) is 25. The molecule has 0 saturated carbocycles. The Hall–Kier alpha value is -3.15. The second kappa shape index (κ2) is 54.2. The van der Waals surface area contributed by atoms with Gasteiger partial charge in [-0.25, -0.2) is 0 Å². The summed E-state index contributed by atoms with van der Waals surface area (Å²) in [6, 6.07) is -0.849. The normalized spacial score (nSPS) is 19.7. The van der Waals surface area contributed by atoms with Crippen LogP contribution in [-0.2, 0) is 14.3 Å². The zero-order valence-corrected chi connectivity index (χ0v) is 47.8. The molecule has 1 saturated heterocycles. The number of ether oxygens (including phenoxy) is 2. The van der Waals surface area contributed by atoms with Crippen LogP contribution >= 0.6 is 0 Å². The summed E-state index contributed by atoms with van der Waals surface area (Å²) in [5.74, 6) is -0.221. The highest BCUT2D eigenvalue weighted by molar-refractivity contribution is 5.76. The lowest BCUT2D eigenvalue weighted by Gasteiger charge is -2.40. The molecule has 430 valence electrons. The van der Waals surface area contributed by atoms with Gasteiger partial charge in [-0.15, -0.1) is 0 Å². The number of nitrogens with one attached hydrogen (secondary N) is 1. The smallest absolute Gasteiger partial charge is 0.220 e. The molecule has 0 aromatic carbocycles. The van der Waals surface area contributed by atoms with Crippen LogP contribution in [0.25, 0.3) is 0 Å². The van der Waals surface area contributed by atoms with Crippen molar-refractivity contribution in [3.63, 3.8) is 0 Å². The van der Waals surface area contributed by atoms with Gasteiger partial charge in [-0.3, -0.25) is 4.79 Å². The lowest BCUT2D eigenvalue weighted by molar-refractivity contribution is -0.302. The molecular weight excluding hydrogens is 935 g/mol. The first-order valence-electron chi connectivity index (χ1n) is 30.6. The van der Waals surface area contributed by atoms with Crippen LogP contribution < -0.4 is 5.32 Å². The first-order valence-corrected chi connectivity index (χ1v) is 30.6. The summed E-state index contributed by atoms with van der Waals surface area (Å²) in [4.78, 5) is 13.1. The number of hydrogen-bond donors (Lipinski definition) is 6. The fraction of sp³-hybridized carbons (Fsp3) is 0.712. The quantitative estimate of drug-likeness (QED) is 0.0261. The molecule has 7 unspecified atom stereocenters. The zero-order valence-electron chi connectivity index (χ0n) is 47.8. The van der Waals surface area contributed by atoms with Crippen molar-refractivity contribution in [3.8, 4) is 0 Å². The van der Waals surface area contributed by atoms with Gasteiger partial charge in [-0.1, -0.05) is 258 Å². The topological polar surface area (TPSA) is 149 Å². The summed E-state index contributed by atoms with van der Waals surface area (Å²) in [6.07, 6.45) is 73.1. The van der Waals surface area contributed by atoms with Crippen LogP contribution in [0.15, 0.2) is 109 Å². The highest BCUT2D eigenvalue weighted by Gasteiger charge is 2.44. The lowest BCUT2D eigenvalue weighted by Crippen LogP contribution is -2.60. The van der Waals surface area contributed by atoms with Gasteiger partial charge in [0.25, 0.3) is 0 Å². The number of aliphatic hydroxyl groups is 5. The minimum atomic E-state index is -1.59. The first kappa shape index (κ1) is 69.9. The van der Waals surface area contributed by atoms with E-state index in [0.717, 1.165) is 83.5 Å². The minimum absolute atomic E-state index is 0.221. The summed E-state index contributed by atoms with van der Waals surface area (Å²) in [7, 11) is 0. The molecule has 9 heteroatoms. The molecule has 0 aromatic rings. The largest absolute Gasteiger partial charge is 0.394 e. The summed E-state index contributed by atoms with van der Waals surface area (Å²) in [6.45, 7) is 3.64. The molecule has 1 heterocycles. The molecule has 0 aliphatic carbocycles. The zero-order chi connectivity index (χ0) is 54.3. The van der Waals surface area contributed by atoms with Crippen molar-refractivity contribution in [2.24, 2.45) is 0 Å². The Bertz CT molecular complexity index is 1540. The van der Waals surface area contributed by atoms with Gasteiger partial charge in [0.1, 0.15) is 24.4 Å². The van der Waals surface area contributed by atoms with Gasteiger partial charge in [0.2, 0.25) is 5.91 Å². The van der Waals surface area contributed by atoms with Crippen LogP contribution in [0.2, 0.25) is 0 Å². The summed E-state index contributed by atoms with van der Waals surface area (Å²) < 4.78 is 11.3. The summed E-state index contributed by atoms with van der Waals surface area (Å²) in [5.41, 5.74) is 0. The van der Waals surface area contributed by atoms with Crippen LogP contribution in [0.3, 0.4) is 0 Å². The van der Waals surface area contributed by atoms with E-state index >= 15 is 0 Å². The molecule has 0 bridgehead atoms. The Morgan fingerprint density at radius 3 is 1.28 bits per heavy atom. The van der Waals surface area contributed by atoms with Gasteiger partial charge in [0, 0.05) is 6.42 Å². The third-order valence-corrected chi connectivity index (χ3v) is 13.8. The van der Waals surface area contributed by atoms with E-state index in [0.29, 0.717) is 12.8 Å². The molecule has 1 fully saturated rings. The fourth-order valence-electron chi connectivity index (χ4n) is 9.04. The number of amides is 1. The third kappa shape index (κ3) is 43.5. The molecular formula is C66H113NO8.